The van der Waals surface area contributed by atoms with E-state index in [1.54, 1.807) is 0 Å². The van der Waals surface area contributed by atoms with E-state index in [1.165, 1.54) is 77.4 Å². The van der Waals surface area contributed by atoms with E-state index in [-0.39, 0.29) is 33.8 Å². The molecule has 1 aromatic heterocycles. The summed E-state index contributed by atoms with van der Waals surface area (Å²) in [6, 6.07) is 51.2. The molecule has 0 unspecified atom stereocenters. The van der Waals surface area contributed by atoms with Gasteiger partial charge in [-0.2, -0.15) is 0 Å². The van der Waals surface area contributed by atoms with E-state index in [0.29, 0.717) is 0 Å². The van der Waals surface area contributed by atoms with Crippen LogP contribution >= 0.6 is 0 Å². The highest BCUT2D eigenvalue weighted by atomic mass is 16.5. The summed E-state index contributed by atoms with van der Waals surface area (Å²) in [6.45, 7) is 34.6. The van der Waals surface area contributed by atoms with E-state index >= 15 is 0 Å². The molecule has 346 valence electrons. The summed E-state index contributed by atoms with van der Waals surface area (Å²) in [4.78, 5) is 5.06. The fourth-order valence-corrected chi connectivity index (χ4v) is 10.7. The third kappa shape index (κ3) is 7.52. The number of fused-ring (bicyclic) bond motifs is 7. The van der Waals surface area contributed by atoms with Crippen molar-refractivity contribution in [3.8, 4) is 11.5 Å². The third-order valence-corrected chi connectivity index (χ3v) is 14.8. The Bertz CT molecular complexity index is 3230. The predicted octanol–water partition coefficient (Wildman–Crippen LogP) is 15.7. The number of rotatable bonds is 4. The molecule has 0 aliphatic carbocycles. The molecule has 68 heavy (non-hydrogen) atoms. The van der Waals surface area contributed by atoms with Gasteiger partial charge in [0.2, 0.25) is 0 Å². The van der Waals surface area contributed by atoms with Gasteiger partial charge in [0.25, 0.3) is 6.71 Å². The highest BCUT2D eigenvalue weighted by Gasteiger charge is 2.44. The van der Waals surface area contributed by atoms with Crippen molar-refractivity contribution in [1.82, 2.24) is 4.57 Å². The number of nitrogens with zero attached hydrogens (tertiary/aromatic N) is 3. The van der Waals surface area contributed by atoms with Gasteiger partial charge < -0.3 is 19.1 Å². The van der Waals surface area contributed by atoms with Crippen LogP contribution in [0.3, 0.4) is 0 Å². The highest BCUT2D eigenvalue weighted by Crippen LogP contribution is 2.51. The van der Waals surface area contributed by atoms with Crippen LogP contribution in [0.5, 0.6) is 11.5 Å². The number of aromatic nitrogens is 1. The second-order valence-corrected chi connectivity index (χ2v) is 24.9. The smallest absolute Gasteiger partial charge is 0.256 e. The number of hydrogen-bond acceptors (Lipinski definition) is 3. The molecule has 4 nitrogen and oxygen atoms in total. The summed E-state index contributed by atoms with van der Waals surface area (Å²) >= 11 is 0. The Morgan fingerprint density at radius 3 is 1.50 bits per heavy atom. The zero-order valence-corrected chi connectivity index (χ0v) is 43.5. The Labute approximate surface area is 407 Å². The maximum Gasteiger partial charge on any atom is 0.256 e. The first-order chi connectivity index (χ1) is 31.8. The quantitative estimate of drug-likeness (QED) is 0.164. The van der Waals surface area contributed by atoms with Gasteiger partial charge in [0, 0.05) is 46.1 Å². The molecule has 2 aliphatic rings. The summed E-state index contributed by atoms with van der Waals surface area (Å²) in [6.07, 6.45) is 0. The molecular weight excluding hydrogens is 826 g/mol. The van der Waals surface area contributed by atoms with E-state index in [0.717, 1.165) is 34.2 Å². The predicted molar refractivity (Wildman–Crippen MR) is 294 cm³/mol. The van der Waals surface area contributed by atoms with Gasteiger partial charge in [-0.1, -0.05) is 171 Å². The van der Waals surface area contributed by atoms with E-state index in [2.05, 4.69) is 259 Å². The lowest BCUT2D eigenvalue weighted by molar-refractivity contribution is 0.482. The SMILES string of the molecule is Cn1c2ccccc2c2c(N3c4ccc(C(C)(C)C)cc4B4c5cc(C(C)(C)C)ccc5Oc5cc(C(C)(C)C)cc3c54)ccc(N(c3ccc(C(C)(C)C)cc3)c3ccc(C(C)(C)C)cc3)c21. The molecule has 2 aliphatic heterocycles. The number of para-hydroxylation sites is 1. The van der Waals surface area contributed by atoms with E-state index in [4.69, 9.17) is 4.74 Å². The molecule has 0 saturated heterocycles. The lowest BCUT2D eigenvalue weighted by Crippen LogP contribution is -2.60. The highest BCUT2D eigenvalue weighted by molar-refractivity contribution is 6.99. The first kappa shape index (κ1) is 45.6. The number of aryl methyl sites for hydroxylation is 1. The van der Waals surface area contributed by atoms with Crippen LogP contribution in [0.25, 0.3) is 21.8 Å². The maximum atomic E-state index is 7.16. The minimum atomic E-state index is -0.132. The van der Waals surface area contributed by atoms with Gasteiger partial charge in [-0.3, -0.25) is 0 Å². The maximum absolute atomic E-state index is 7.16. The summed E-state index contributed by atoms with van der Waals surface area (Å²) in [5.74, 6) is 1.89. The molecule has 5 heteroatoms. The van der Waals surface area contributed by atoms with E-state index in [9.17, 15) is 0 Å². The number of anilines is 6. The van der Waals surface area contributed by atoms with Crippen LogP contribution in [0.1, 0.15) is 132 Å². The lowest BCUT2D eigenvalue weighted by atomic mass is 9.33. The van der Waals surface area contributed by atoms with Crippen LogP contribution in [0, 0.1) is 0 Å². The molecule has 7 aromatic carbocycles. The van der Waals surface area contributed by atoms with Crippen LogP contribution < -0.4 is 30.9 Å². The van der Waals surface area contributed by atoms with Gasteiger partial charge in [-0.05, 0) is 138 Å². The molecule has 0 fully saturated rings. The molecule has 0 radical (unpaired) electrons. The minimum absolute atomic E-state index is 0.0152. The van der Waals surface area contributed by atoms with Crippen LogP contribution in [0.2, 0.25) is 0 Å². The number of hydrogen-bond donors (Lipinski definition) is 0. The van der Waals surface area contributed by atoms with E-state index < -0.39 is 0 Å². The van der Waals surface area contributed by atoms with Crippen LogP contribution in [0.4, 0.5) is 34.1 Å². The fraction of sp³-hybridized carbons (Fsp3) is 0.333. The van der Waals surface area contributed by atoms with Crippen LogP contribution in [-0.2, 0) is 34.1 Å². The molecule has 0 amide bonds. The molecule has 10 rings (SSSR count). The Balaban J connectivity index is 1.30. The topological polar surface area (TPSA) is 20.6 Å². The van der Waals surface area contributed by atoms with Crippen molar-refractivity contribution in [2.24, 2.45) is 7.05 Å². The summed E-state index contributed by atoms with van der Waals surface area (Å²) in [7, 11) is 2.25. The largest absolute Gasteiger partial charge is 0.458 e. The van der Waals surface area contributed by atoms with Gasteiger partial charge in [-0.25, -0.2) is 0 Å². The second-order valence-electron chi connectivity index (χ2n) is 24.9. The zero-order valence-electron chi connectivity index (χ0n) is 43.5. The zero-order chi connectivity index (χ0) is 48.6. The van der Waals surface area contributed by atoms with Gasteiger partial charge in [0.05, 0.1) is 16.9 Å². The molecule has 0 saturated carbocycles. The van der Waals surface area contributed by atoms with Crippen molar-refractivity contribution < 1.29 is 4.74 Å². The van der Waals surface area contributed by atoms with Gasteiger partial charge in [0.15, 0.2) is 0 Å². The molecular formula is C63H70BN3O. The standard InChI is InChI=1S/C63H70BN3O/c1-59(2,3)39-21-27-44(28-22-39)66(45-29-23-40(24-30-45)60(4,5)6)52-33-32-51(56-46-19-17-18-20-49(46)65(16)58(52)56)67-50-31-25-41(61(7,8)9)35-47(50)64-48-36-42(62(10,11)12)26-34-54(48)68-55-38-43(63(13,14)15)37-53(67)57(55)64/h17-38H,1-16H3. The fourth-order valence-electron chi connectivity index (χ4n) is 10.7. The summed E-state index contributed by atoms with van der Waals surface area (Å²) < 4.78 is 9.58. The average Bonchev–Trinajstić information content (AvgIpc) is 3.57. The van der Waals surface area contributed by atoms with Crippen LogP contribution in [0.15, 0.2) is 133 Å². The Morgan fingerprint density at radius 2 is 0.941 bits per heavy atom. The molecule has 0 N–H and O–H groups in total. The molecule has 0 spiro atoms. The first-order valence-corrected chi connectivity index (χ1v) is 24.8. The second kappa shape index (κ2) is 15.4. The number of ether oxygens (including phenoxy) is 1. The Morgan fingerprint density at radius 1 is 0.441 bits per heavy atom. The molecule has 3 heterocycles. The van der Waals surface area contributed by atoms with Crippen molar-refractivity contribution >= 4 is 79.0 Å². The summed E-state index contributed by atoms with van der Waals surface area (Å²) in [5, 5.41) is 2.44. The van der Waals surface area contributed by atoms with Crippen molar-refractivity contribution in [1.29, 1.82) is 0 Å². The van der Waals surface area contributed by atoms with Crippen molar-refractivity contribution in [3.05, 3.63) is 161 Å². The summed E-state index contributed by atoms with van der Waals surface area (Å²) in [5.41, 5.74) is 19.4. The Hall–Kier alpha value is -6.20. The molecule has 0 bridgehead atoms. The Kier molecular flexibility index (Phi) is 10.3. The average molecular weight is 896 g/mol. The van der Waals surface area contributed by atoms with Crippen molar-refractivity contribution in [2.75, 3.05) is 9.80 Å². The van der Waals surface area contributed by atoms with Crippen LogP contribution in [-0.4, -0.2) is 11.3 Å². The number of benzene rings is 7. The van der Waals surface area contributed by atoms with E-state index in [1.807, 2.05) is 0 Å². The normalized spacial score (nSPS) is 13.9. The monoisotopic (exact) mass is 896 g/mol. The lowest BCUT2D eigenvalue weighted by Gasteiger charge is -2.42. The van der Waals surface area contributed by atoms with Gasteiger partial charge >= 0.3 is 0 Å². The first-order valence-electron chi connectivity index (χ1n) is 24.8. The molecule has 0 atom stereocenters. The van der Waals surface area contributed by atoms with Gasteiger partial charge in [0.1, 0.15) is 11.5 Å². The molecule has 8 aromatic rings. The van der Waals surface area contributed by atoms with Gasteiger partial charge in [-0.15, -0.1) is 0 Å². The van der Waals surface area contributed by atoms with Crippen molar-refractivity contribution in [3.63, 3.8) is 0 Å². The van der Waals surface area contributed by atoms with Crippen molar-refractivity contribution in [2.45, 2.75) is 131 Å². The minimum Gasteiger partial charge on any atom is -0.458 e. The third-order valence-electron chi connectivity index (χ3n) is 14.8.